The monoisotopic (exact) mass is 362 g/mol. The third-order valence-corrected chi connectivity index (χ3v) is 2.96. The molecule has 6 heteroatoms. The smallest absolute Gasteiger partial charge is 0.341 e. The van der Waals surface area contributed by atoms with E-state index in [2.05, 4.69) is 32.6 Å². The molecule has 0 spiro atoms. The van der Waals surface area contributed by atoms with Crippen LogP contribution in [-0.4, -0.2) is 22.5 Å². The van der Waals surface area contributed by atoms with Crippen molar-refractivity contribution < 1.29 is 9.53 Å². The number of fused-ring (bicyclic) bond motifs is 1. The number of esters is 1. The summed E-state index contributed by atoms with van der Waals surface area (Å²) < 4.78 is 5.87. The van der Waals surface area contributed by atoms with Gasteiger partial charge in [0.2, 0.25) is 0 Å². The predicted molar refractivity (Wildman–Crippen MR) is 73.2 cm³/mol. The first kappa shape index (κ1) is 12.5. The molecule has 0 unspecified atom stereocenters. The van der Waals surface area contributed by atoms with Crippen LogP contribution in [0.4, 0.5) is 0 Å². The van der Waals surface area contributed by atoms with E-state index in [0.717, 1.165) is 8.96 Å². The van der Waals surface area contributed by atoms with Gasteiger partial charge in [0.15, 0.2) is 5.65 Å². The first-order chi connectivity index (χ1) is 8.11. The van der Waals surface area contributed by atoms with E-state index in [1.54, 1.807) is 19.2 Å². The Morgan fingerprint density at radius 2 is 2.29 bits per heavy atom. The number of pyridine rings is 2. The number of hydrogen-bond donors (Lipinski definition) is 0. The van der Waals surface area contributed by atoms with Crippen LogP contribution in [0.3, 0.4) is 0 Å². The average molecular weight is 363 g/mol. The van der Waals surface area contributed by atoms with Gasteiger partial charge in [-0.05, 0) is 41.6 Å². The summed E-state index contributed by atoms with van der Waals surface area (Å²) >= 11 is 8.06. The highest BCUT2D eigenvalue weighted by atomic mass is 127. The van der Waals surface area contributed by atoms with E-state index >= 15 is 0 Å². The van der Waals surface area contributed by atoms with Crippen LogP contribution in [-0.2, 0) is 4.74 Å². The molecular weight excluding hydrogens is 354 g/mol. The van der Waals surface area contributed by atoms with Crippen molar-refractivity contribution in [3.8, 4) is 0 Å². The summed E-state index contributed by atoms with van der Waals surface area (Å²) in [5, 5.41) is 0.883. The molecule has 2 heterocycles. The first-order valence-corrected chi connectivity index (χ1v) is 6.36. The number of aromatic nitrogens is 2. The van der Waals surface area contributed by atoms with E-state index in [-0.39, 0.29) is 10.7 Å². The van der Waals surface area contributed by atoms with Gasteiger partial charge in [-0.15, -0.1) is 0 Å². The Kier molecular flexibility index (Phi) is 3.78. The highest BCUT2D eigenvalue weighted by Gasteiger charge is 2.14. The normalized spacial score (nSPS) is 10.5. The van der Waals surface area contributed by atoms with Crippen molar-refractivity contribution in [3.05, 3.63) is 32.6 Å². The van der Waals surface area contributed by atoms with Crippen LogP contribution in [0.2, 0.25) is 5.15 Å². The van der Waals surface area contributed by atoms with Gasteiger partial charge in [-0.2, -0.15) is 0 Å². The van der Waals surface area contributed by atoms with Gasteiger partial charge in [0.05, 0.1) is 12.2 Å². The lowest BCUT2D eigenvalue weighted by atomic mass is 10.2. The number of carbonyl (C=O) groups excluding carboxylic acids is 1. The lowest BCUT2D eigenvalue weighted by Crippen LogP contribution is -2.06. The molecule has 0 N–H and O–H groups in total. The topological polar surface area (TPSA) is 52.1 Å². The van der Waals surface area contributed by atoms with Gasteiger partial charge in [-0.25, -0.2) is 14.8 Å². The maximum atomic E-state index is 11.6. The van der Waals surface area contributed by atoms with E-state index in [9.17, 15) is 4.79 Å². The summed E-state index contributed by atoms with van der Waals surface area (Å²) in [6.45, 7) is 2.04. The van der Waals surface area contributed by atoms with Crippen LogP contribution in [0.5, 0.6) is 0 Å². The first-order valence-electron chi connectivity index (χ1n) is 4.90. The summed E-state index contributed by atoms with van der Waals surface area (Å²) in [6.07, 6.45) is 1.69. The largest absolute Gasteiger partial charge is 0.462 e. The second-order valence-corrected chi connectivity index (χ2v) is 4.85. The Bertz CT molecular complexity index is 589. The molecule has 0 aliphatic heterocycles. The van der Waals surface area contributed by atoms with Crippen LogP contribution in [0.1, 0.15) is 17.3 Å². The van der Waals surface area contributed by atoms with Crippen molar-refractivity contribution in [2.24, 2.45) is 0 Å². The van der Waals surface area contributed by atoms with Crippen LogP contribution < -0.4 is 0 Å². The molecule has 0 aliphatic rings. The third-order valence-electron chi connectivity index (χ3n) is 2.08. The number of halogens is 2. The maximum absolute atomic E-state index is 11.6. The molecule has 0 aliphatic carbocycles. The number of rotatable bonds is 2. The number of carbonyl (C=O) groups is 1. The lowest BCUT2D eigenvalue weighted by Gasteiger charge is -2.05. The Hall–Kier alpha value is -0.950. The molecule has 0 aromatic carbocycles. The Morgan fingerprint density at radius 3 is 3.00 bits per heavy atom. The minimum absolute atomic E-state index is 0.115. The predicted octanol–water partition coefficient (Wildman–Crippen LogP) is 3.06. The second kappa shape index (κ2) is 5.14. The molecule has 0 amide bonds. The summed E-state index contributed by atoms with van der Waals surface area (Å²) in [6, 6.07) is 3.53. The summed E-state index contributed by atoms with van der Waals surface area (Å²) in [7, 11) is 0. The van der Waals surface area contributed by atoms with Crippen molar-refractivity contribution in [3.63, 3.8) is 0 Å². The molecule has 0 saturated carbocycles. The molecule has 0 saturated heterocycles. The highest BCUT2D eigenvalue weighted by Crippen LogP contribution is 2.21. The minimum atomic E-state index is -0.467. The fraction of sp³-hybridized carbons (Fsp3) is 0.182. The SMILES string of the molecule is CCOC(=O)c1cc2cc(I)cnc2nc1Cl. The Labute approximate surface area is 116 Å². The van der Waals surface area contributed by atoms with Crippen molar-refractivity contribution >= 4 is 51.2 Å². The van der Waals surface area contributed by atoms with Crippen molar-refractivity contribution in [1.82, 2.24) is 9.97 Å². The van der Waals surface area contributed by atoms with E-state index < -0.39 is 5.97 Å². The number of hydrogen-bond acceptors (Lipinski definition) is 4. The number of ether oxygens (including phenoxy) is 1. The fourth-order valence-corrected chi connectivity index (χ4v) is 2.05. The molecule has 2 rings (SSSR count). The van der Waals surface area contributed by atoms with E-state index in [4.69, 9.17) is 16.3 Å². The zero-order valence-corrected chi connectivity index (χ0v) is 11.8. The molecule has 0 radical (unpaired) electrons. The second-order valence-electron chi connectivity index (χ2n) is 3.25. The quantitative estimate of drug-likeness (QED) is 0.468. The summed E-state index contributed by atoms with van der Waals surface area (Å²) in [5.74, 6) is -0.467. The third kappa shape index (κ3) is 2.66. The van der Waals surface area contributed by atoms with Gasteiger partial charge in [0.1, 0.15) is 5.15 Å². The zero-order valence-electron chi connectivity index (χ0n) is 8.91. The van der Waals surface area contributed by atoms with Gasteiger partial charge < -0.3 is 4.74 Å². The van der Waals surface area contributed by atoms with Gasteiger partial charge in [0, 0.05) is 15.2 Å². The Morgan fingerprint density at radius 1 is 1.53 bits per heavy atom. The van der Waals surface area contributed by atoms with Gasteiger partial charge in [0.25, 0.3) is 0 Å². The van der Waals surface area contributed by atoms with E-state index in [1.165, 1.54) is 0 Å². The van der Waals surface area contributed by atoms with Crippen LogP contribution in [0.15, 0.2) is 18.3 Å². The van der Waals surface area contributed by atoms with E-state index in [0.29, 0.717) is 12.3 Å². The molecule has 17 heavy (non-hydrogen) atoms. The van der Waals surface area contributed by atoms with Crippen LogP contribution in [0.25, 0.3) is 11.0 Å². The fourth-order valence-electron chi connectivity index (χ4n) is 1.37. The molecule has 4 nitrogen and oxygen atoms in total. The number of nitrogens with zero attached hydrogens (tertiary/aromatic N) is 2. The summed E-state index contributed by atoms with van der Waals surface area (Å²) in [5.41, 5.74) is 0.785. The molecule has 88 valence electrons. The molecule has 2 aromatic heterocycles. The molecule has 2 aromatic rings. The van der Waals surface area contributed by atoms with Gasteiger partial charge >= 0.3 is 5.97 Å². The average Bonchev–Trinajstić information content (AvgIpc) is 2.29. The molecule has 0 atom stereocenters. The lowest BCUT2D eigenvalue weighted by molar-refractivity contribution is 0.0526. The van der Waals surface area contributed by atoms with Crippen LogP contribution >= 0.6 is 34.2 Å². The Balaban J connectivity index is 2.57. The van der Waals surface area contributed by atoms with Crippen molar-refractivity contribution in [1.29, 1.82) is 0 Å². The zero-order chi connectivity index (χ0) is 12.4. The molecule has 0 bridgehead atoms. The van der Waals surface area contributed by atoms with Crippen molar-refractivity contribution in [2.75, 3.05) is 6.61 Å². The standard InChI is InChI=1S/C11H8ClIN2O2/c1-2-17-11(16)8-4-6-3-7(13)5-14-10(6)15-9(8)12/h3-5H,2H2,1H3. The highest BCUT2D eigenvalue weighted by molar-refractivity contribution is 14.1. The summed E-state index contributed by atoms with van der Waals surface area (Å²) in [4.78, 5) is 19.8. The van der Waals surface area contributed by atoms with Gasteiger partial charge in [-0.3, -0.25) is 0 Å². The van der Waals surface area contributed by atoms with Crippen LogP contribution in [0, 0.1) is 3.57 Å². The molecule has 0 fully saturated rings. The van der Waals surface area contributed by atoms with Crippen molar-refractivity contribution in [2.45, 2.75) is 6.92 Å². The maximum Gasteiger partial charge on any atom is 0.341 e. The molecular formula is C11H8ClIN2O2. The van der Waals surface area contributed by atoms with E-state index in [1.807, 2.05) is 6.07 Å². The minimum Gasteiger partial charge on any atom is -0.462 e. The van der Waals surface area contributed by atoms with Gasteiger partial charge in [-0.1, -0.05) is 11.6 Å².